The van der Waals surface area contributed by atoms with Gasteiger partial charge in [0.1, 0.15) is 5.82 Å². The number of nitrogens with zero attached hydrogens (tertiary/aromatic N) is 3. The SMILES string of the molecule is CCN1CCN(c2nccc3cccc(C(=O)O)c23)CC1. The summed E-state index contributed by atoms with van der Waals surface area (Å²) in [6, 6.07) is 7.24. The van der Waals surface area contributed by atoms with Crippen LogP contribution in [0.3, 0.4) is 0 Å². The summed E-state index contributed by atoms with van der Waals surface area (Å²) in [5.74, 6) is -0.108. The molecule has 0 atom stereocenters. The van der Waals surface area contributed by atoms with Crippen molar-refractivity contribution >= 4 is 22.6 Å². The first kappa shape index (κ1) is 13.8. The number of anilines is 1. The molecule has 0 aliphatic carbocycles. The van der Waals surface area contributed by atoms with Crippen molar-refractivity contribution in [3.8, 4) is 0 Å². The number of carboxylic acids is 1. The van der Waals surface area contributed by atoms with Crippen molar-refractivity contribution in [3.05, 3.63) is 36.0 Å². The van der Waals surface area contributed by atoms with Crippen LogP contribution in [-0.2, 0) is 0 Å². The average molecular weight is 285 g/mol. The number of aromatic carboxylic acids is 1. The fourth-order valence-corrected chi connectivity index (χ4v) is 2.91. The van der Waals surface area contributed by atoms with Crippen molar-refractivity contribution in [1.82, 2.24) is 9.88 Å². The summed E-state index contributed by atoms with van der Waals surface area (Å²) in [5, 5.41) is 11.1. The van der Waals surface area contributed by atoms with Crippen LogP contribution >= 0.6 is 0 Å². The highest BCUT2D eigenvalue weighted by Crippen LogP contribution is 2.28. The van der Waals surface area contributed by atoms with Crippen LogP contribution in [0.4, 0.5) is 5.82 Å². The zero-order chi connectivity index (χ0) is 14.8. The molecule has 21 heavy (non-hydrogen) atoms. The number of piperazine rings is 1. The minimum atomic E-state index is -0.901. The molecule has 0 spiro atoms. The Morgan fingerprint density at radius 1 is 1.24 bits per heavy atom. The van der Waals surface area contributed by atoms with Crippen molar-refractivity contribution in [2.75, 3.05) is 37.6 Å². The zero-order valence-electron chi connectivity index (χ0n) is 12.1. The van der Waals surface area contributed by atoms with Crippen molar-refractivity contribution in [2.45, 2.75) is 6.92 Å². The second-order valence-corrected chi connectivity index (χ2v) is 5.26. The highest BCUT2D eigenvalue weighted by molar-refractivity contribution is 6.08. The molecule has 2 aromatic rings. The summed E-state index contributed by atoms with van der Waals surface area (Å²) in [5.41, 5.74) is 0.327. The van der Waals surface area contributed by atoms with Gasteiger partial charge in [0.15, 0.2) is 0 Å². The number of likely N-dealkylation sites (N-methyl/N-ethyl adjacent to an activating group) is 1. The molecule has 1 fully saturated rings. The molecule has 1 saturated heterocycles. The fraction of sp³-hybridized carbons (Fsp3) is 0.375. The highest BCUT2D eigenvalue weighted by atomic mass is 16.4. The lowest BCUT2D eigenvalue weighted by Crippen LogP contribution is -2.46. The number of rotatable bonds is 3. The number of fused-ring (bicyclic) bond motifs is 1. The molecule has 0 radical (unpaired) electrons. The van der Waals surface area contributed by atoms with Gasteiger partial charge in [-0.15, -0.1) is 0 Å². The summed E-state index contributed by atoms with van der Waals surface area (Å²) in [6.45, 7) is 6.96. The van der Waals surface area contributed by atoms with E-state index in [1.807, 2.05) is 12.1 Å². The molecule has 3 rings (SSSR count). The second-order valence-electron chi connectivity index (χ2n) is 5.26. The van der Waals surface area contributed by atoms with Crippen molar-refractivity contribution < 1.29 is 9.90 Å². The Balaban J connectivity index is 2.04. The number of carbonyl (C=O) groups is 1. The van der Waals surface area contributed by atoms with Crippen molar-refractivity contribution in [3.63, 3.8) is 0 Å². The Bertz CT molecular complexity index is 658. The molecule has 1 N–H and O–H groups in total. The van der Waals surface area contributed by atoms with Gasteiger partial charge in [-0.25, -0.2) is 9.78 Å². The maximum Gasteiger partial charge on any atom is 0.336 e. The van der Waals surface area contributed by atoms with E-state index in [1.165, 1.54) is 0 Å². The van der Waals surface area contributed by atoms with Gasteiger partial charge in [0.2, 0.25) is 0 Å². The van der Waals surface area contributed by atoms with Gasteiger partial charge >= 0.3 is 5.97 Å². The van der Waals surface area contributed by atoms with E-state index in [4.69, 9.17) is 0 Å². The lowest BCUT2D eigenvalue weighted by Gasteiger charge is -2.35. The van der Waals surface area contributed by atoms with Gasteiger partial charge in [-0.1, -0.05) is 19.1 Å². The van der Waals surface area contributed by atoms with Crippen LogP contribution < -0.4 is 4.90 Å². The number of hydrogen-bond donors (Lipinski definition) is 1. The van der Waals surface area contributed by atoms with Crippen LogP contribution in [0.15, 0.2) is 30.5 Å². The lowest BCUT2D eigenvalue weighted by molar-refractivity contribution is 0.0699. The van der Waals surface area contributed by atoms with Gasteiger partial charge in [0.25, 0.3) is 0 Å². The topological polar surface area (TPSA) is 56.7 Å². The van der Waals surface area contributed by atoms with Crippen LogP contribution in [-0.4, -0.2) is 53.7 Å². The first-order valence-corrected chi connectivity index (χ1v) is 7.29. The van der Waals surface area contributed by atoms with Gasteiger partial charge in [-0.2, -0.15) is 0 Å². The molecule has 0 amide bonds. The third kappa shape index (κ3) is 2.56. The van der Waals surface area contributed by atoms with Gasteiger partial charge in [-0.05, 0) is 24.1 Å². The quantitative estimate of drug-likeness (QED) is 0.935. The van der Waals surface area contributed by atoms with Gasteiger partial charge < -0.3 is 14.9 Å². The first-order chi connectivity index (χ1) is 10.2. The Labute approximate surface area is 123 Å². The van der Waals surface area contributed by atoms with E-state index in [-0.39, 0.29) is 0 Å². The summed E-state index contributed by atoms with van der Waals surface area (Å²) >= 11 is 0. The van der Waals surface area contributed by atoms with E-state index < -0.39 is 5.97 Å². The molecule has 0 bridgehead atoms. The number of pyridine rings is 1. The number of hydrogen-bond acceptors (Lipinski definition) is 4. The van der Waals surface area contributed by atoms with Gasteiger partial charge in [0, 0.05) is 37.8 Å². The molecule has 1 aromatic heterocycles. The Kier molecular flexibility index (Phi) is 3.75. The predicted molar refractivity (Wildman–Crippen MR) is 83.0 cm³/mol. The molecular formula is C16H19N3O2. The normalized spacial score (nSPS) is 16.3. The van der Waals surface area contributed by atoms with E-state index in [9.17, 15) is 9.90 Å². The average Bonchev–Trinajstić information content (AvgIpc) is 2.53. The molecule has 2 heterocycles. The monoisotopic (exact) mass is 285 g/mol. The highest BCUT2D eigenvalue weighted by Gasteiger charge is 2.21. The Morgan fingerprint density at radius 2 is 2.00 bits per heavy atom. The fourth-order valence-electron chi connectivity index (χ4n) is 2.91. The summed E-state index contributed by atoms with van der Waals surface area (Å²) < 4.78 is 0. The molecule has 110 valence electrons. The molecule has 5 nitrogen and oxygen atoms in total. The lowest BCUT2D eigenvalue weighted by atomic mass is 10.0. The van der Waals surface area contributed by atoms with Crippen molar-refractivity contribution in [1.29, 1.82) is 0 Å². The molecule has 0 unspecified atom stereocenters. The molecule has 1 aromatic carbocycles. The van der Waals surface area contributed by atoms with E-state index in [0.717, 1.165) is 49.3 Å². The third-order valence-corrected chi connectivity index (χ3v) is 4.12. The second kappa shape index (κ2) is 5.69. The van der Waals surface area contributed by atoms with Crippen LogP contribution in [0.25, 0.3) is 10.8 Å². The minimum absolute atomic E-state index is 0.327. The maximum absolute atomic E-state index is 11.5. The van der Waals surface area contributed by atoms with Gasteiger partial charge in [0.05, 0.1) is 5.56 Å². The molecule has 1 aliphatic heterocycles. The zero-order valence-corrected chi connectivity index (χ0v) is 12.1. The Morgan fingerprint density at radius 3 is 2.67 bits per heavy atom. The third-order valence-electron chi connectivity index (χ3n) is 4.12. The van der Waals surface area contributed by atoms with E-state index in [1.54, 1.807) is 18.3 Å². The molecule has 0 saturated carbocycles. The smallest absolute Gasteiger partial charge is 0.336 e. The van der Waals surface area contributed by atoms with E-state index in [2.05, 4.69) is 21.7 Å². The van der Waals surface area contributed by atoms with Crippen LogP contribution in [0.2, 0.25) is 0 Å². The molecular weight excluding hydrogens is 266 g/mol. The largest absolute Gasteiger partial charge is 0.478 e. The minimum Gasteiger partial charge on any atom is -0.478 e. The number of aromatic nitrogens is 1. The molecule has 1 aliphatic rings. The summed E-state index contributed by atoms with van der Waals surface area (Å²) in [7, 11) is 0. The summed E-state index contributed by atoms with van der Waals surface area (Å²) in [6.07, 6.45) is 1.76. The standard InChI is InChI=1S/C16H19N3O2/c1-2-18-8-10-19(11-9-18)15-14-12(6-7-17-15)4-3-5-13(14)16(20)21/h3-7H,2,8-11H2,1H3,(H,20,21). The predicted octanol–water partition coefficient (Wildman–Crippen LogP) is 2.07. The first-order valence-electron chi connectivity index (χ1n) is 7.29. The van der Waals surface area contributed by atoms with E-state index >= 15 is 0 Å². The summed E-state index contributed by atoms with van der Waals surface area (Å²) in [4.78, 5) is 20.5. The maximum atomic E-state index is 11.5. The van der Waals surface area contributed by atoms with Crippen molar-refractivity contribution in [2.24, 2.45) is 0 Å². The van der Waals surface area contributed by atoms with Crippen LogP contribution in [0.1, 0.15) is 17.3 Å². The Hall–Kier alpha value is -2.14. The van der Waals surface area contributed by atoms with E-state index in [0.29, 0.717) is 5.56 Å². The molecule has 5 heteroatoms. The van der Waals surface area contributed by atoms with Crippen LogP contribution in [0, 0.1) is 0 Å². The van der Waals surface area contributed by atoms with Crippen LogP contribution in [0.5, 0.6) is 0 Å². The van der Waals surface area contributed by atoms with Gasteiger partial charge in [-0.3, -0.25) is 0 Å². The number of carboxylic acid groups (broad SMARTS) is 1. The number of benzene rings is 1.